The molecule has 0 saturated carbocycles. The van der Waals surface area contributed by atoms with Crippen LogP contribution in [0, 0.1) is 0 Å². The van der Waals surface area contributed by atoms with Gasteiger partial charge in [-0.1, -0.05) is 0 Å². The maximum Gasteiger partial charge on any atom is 0.433 e. The highest BCUT2D eigenvalue weighted by molar-refractivity contribution is 5.58. The molecule has 0 saturated heterocycles. The Balaban J connectivity index is 1.70. The molecule has 0 bridgehead atoms. The van der Waals surface area contributed by atoms with Crippen molar-refractivity contribution >= 4 is 0 Å². The van der Waals surface area contributed by atoms with Crippen LogP contribution < -0.4 is 4.74 Å². The molecule has 1 unspecified atom stereocenters. The highest BCUT2D eigenvalue weighted by atomic mass is 19.4. The van der Waals surface area contributed by atoms with E-state index in [9.17, 15) is 31.4 Å². The van der Waals surface area contributed by atoms with Gasteiger partial charge in [0, 0.05) is 12.1 Å². The minimum Gasteiger partial charge on any atom is -0.419 e. The lowest BCUT2D eigenvalue weighted by molar-refractivity contribution is -0.262. The fraction of sp³-hybridized carbons (Fsp3) is 0.412. The van der Waals surface area contributed by atoms with Gasteiger partial charge in [-0.2, -0.15) is 26.3 Å². The van der Waals surface area contributed by atoms with Gasteiger partial charge in [0.25, 0.3) is 0 Å². The van der Waals surface area contributed by atoms with Crippen LogP contribution in [0.25, 0.3) is 11.4 Å². The molecule has 0 amide bonds. The number of hydrogen-bond donors (Lipinski definition) is 1. The Hall–Kier alpha value is -3.16. The van der Waals surface area contributed by atoms with Crippen molar-refractivity contribution < 1.29 is 36.2 Å². The van der Waals surface area contributed by atoms with Gasteiger partial charge >= 0.3 is 12.4 Å². The van der Waals surface area contributed by atoms with Crippen LogP contribution in [0.5, 0.6) is 11.8 Å². The summed E-state index contributed by atoms with van der Waals surface area (Å²) in [7, 11) is 0. The van der Waals surface area contributed by atoms with Crippen molar-refractivity contribution in [1.82, 2.24) is 29.3 Å². The molecule has 0 aliphatic carbocycles. The van der Waals surface area contributed by atoms with Crippen molar-refractivity contribution in [3.05, 3.63) is 36.2 Å². The third-order valence-electron chi connectivity index (χ3n) is 4.82. The zero-order valence-corrected chi connectivity index (χ0v) is 15.9. The average Bonchev–Trinajstić information content (AvgIpc) is 3.24. The summed E-state index contributed by atoms with van der Waals surface area (Å²) in [6.45, 7) is 2.34. The van der Waals surface area contributed by atoms with Crippen LogP contribution in [0.2, 0.25) is 0 Å². The smallest absolute Gasteiger partial charge is 0.419 e. The lowest BCUT2D eigenvalue weighted by atomic mass is 10.0. The average molecular weight is 448 g/mol. The van der Waals surface area contributed by atoms with E-state index in [1.807, 2.05) is 0 Å². The summed E-state index contributed by atoms with van der Waals surface area (Å²) in [5, 5.41) is 14.2. The number of halogens is 6. The number of alkyl halides is 6. The summed E-state index contributed by atoms with van der Waals surface area (Å²) in [6, 6.07) is 1.38. The van der Waals surface area contributed by atoms with Crippen LogP contribution in [0.15, 0.2) is 24.7 Å². The molecule has 1 aliphatic rings. The molecular formula is C17H14F6N6O2. The van der Waals surface area contributed by atoms with E-state index in [2.05, 4.69) is 20.1 Å². The van der Waals surface area contributed by atoms with Gasteiger partial charge in [0.2, 0.25) is 17.4 Å². The highest BCUT2D eigenvalue weighted by Crippen LogP contribution is 2.42. The molecule has 0 radical (unpaired) electrons. The van der Waals surface area contributed by atoms with E-state index >= 15 is 0 Å². The maximum absolute atomic E-state index is 13.3. The first-order chi connectivity index (χ1) is 14.3. The van der Waals surface area contributed by atoms with E-state index < -0.39 is 41.4 Å². The minimum absolute atomic E-state index is 0.112. The van der Waals surface area contributed by atoms with Crippen molar-refractivity contribution in [2.75, 3.05) is 0 Å². The molecular weight excluding hydrogens is 434 g/mol. The molecule has 4 heterocycles. The normalized spacial score (nSPS) is 18.3. The molecule has 14 heteroatoms. The number of hydrogen-bond acceptors (Lipinski definition) is 6. The van der Waals surface area contributed by atoms with E-state index in [0.717, 1.165) is 6.20 Å². The highest BCUT2D eigenvalue weighted by Gasteiger charge is 2.55. The van der Waals surface area contributed by atoms with Gasteiger partial charge < -0.3 is 14.4 Å². The fourth-order valence-electron chi connectivity index (χ4n) is 3.26. The molecule has 8 nitrogen and oxygen atoms in total. The maximum atomic E-state index is 13.3. The van der Waals surface area contributed by atoms with E-state index in [1.54, 1.807) is 6.92 Å². The number of imidazole rings is 1. The molecule has 0 aromatic carbocycles. The third-order valence-corrected chi connectivity index (χ3v) is 4.82. The predicted octanol–water partition coefficient (Wildman–Crippen LogP) is 3.69. The monoisotopic (exact) mass is 448 g/mol. The van der Waals surface area contributed by atoms with Crippen molar-refractivity contribution in [2.24, 2.45) is 0 Å². The van der Waals surface area contributed by atoms with Crippen LogP contribution in [0.1, 0.15) is 31.4 Å². The molecule has 1 aliphatic heterocycles. The van der Waals surface area contributed by atoms with E-state index in [-0.39, 0.29) is 18.1 Å². The predicted molar refractivity (Wildman–Crippen MR) is 90.9 cm³/mol. The SMILES string of the molecule is C[C@H]1Cn2nc(Oc3cc(C(F)(F)F)ncn3)cc2-c2cnc(C(C)(O)C(F)(F)F)n21. The second-order valence-corrected chi connectivity index (χ2v) is 7.15. The van der Waals surface area contributed by atoms with Crippen molar-refractivity contribution in [3.63, 3.8) is 0 Å². The summed E-state index contributed by atoms with van der Waals surface area (Å²) in [5.74, 6) is -1.10. The van der Waals surface area contributed by atoms with Gasteiger partial charge in [0.15, 0.2) is 11.5 Å². The van der Waals surface area contributed by atoms with E-state index in [1.165, 1.54) is 15.3 Å². The molecule has 2 atom stereocenters. The van der Waals surface area contributed by atoms with Crippen molar-refractivity contribution in [3.8, 4) is 23.1 Å². The van der Waals surface area contributed by atoms with Crippen LogP contribution >= 0.6 is 0 Å². The van der Waals surface area contributed by atoms with Gasteiger partial charge in [-0.25, -0.2) is 15.0 Å². The lowest BCUT2D eigenvalue weighted by Crippen LogP contribution is -2.42. The Labute approximate surface area is 170 Å². The summed E-state index contributed by atoms with van der Waals surface area (Å²) < 4.78 is 86.4. The van der Waals surface area contributed by atoms with Crippen LogP contribution in [-0.2, 0) is 18.3 Å². The van der Waals surface area contributed by atoms with Crippen LogP contribution in [0.3, 0.4) is 0 Å². The first-order valence-corrected chi connectivity index (χ1v) is 8.81. The second-order valence-electron chi connectivity index (χ2n) is 7.15. The first kappa shape index (κ1) is 21.1. The summed E-state index contributed by atoms with van der Waals surface area (Å²) in [5.41, 5.74) is -3.84. The van der Waals surface area contributed by atoms with Crippen LogP contribution in [0.4, 0.5) is 26.3 Å². The molecule has 3 aromatic rings. The van der Waals surface area contributed by atoms with Gasteiger partial charge in [-0.05, 0) is 13.8 Å². The van der Waals surface area contributed by atoms with Gasteiger partial charge in [-0.3, -0.25) is 4.68 Å². The standard InChI is InChI=1S/C17H14F6N6O2/c1-8-6-28-9(10-5-24-14(29(8)10)15(2,30)17(21,22)23)3-13(27-28)31-12-4-11(16(18,19)20)25-7-26-12/h3-5,7-8,30H,6H2,1-2H3/t8-,15?/m0/s1. The fourth-order valence-corrected chi connectivity index (χ4v) is 3.26. The Bertz CT molecular complexity index is 1130. The number of fused-ring (bicyclic) bond motifs is 3. The van der Waals surface area contributed by atoms with Crippen molar-refractivity contribution in [2.45, 2.75) is 44.4 Å². The molecule has 0 fully saturated rings. The summed E-state index contributed by atoms with van der Waals surface area (Å²) in [6.07, 6.45) is -7.79. The Morgan fingerprint density at radius 1 is 1.03 bits per heavy atom. The minimum atomic E-state index is -4.95. The van der Waals surface area contributed by atoms with Crippen molar-refractivity contribution in [1.29, 1.82) is 0 Å². The molecule has 4 rings (SSSR count). The number of rotatable bonds is 3. The molecule has 3 aromatic heterocycles. The lowest BCUT2D eigenvalue weighted by Gasteiger charge is -2.31. The number of aromatic nitrogens is 6. The van der Waals surface area contributed by atoms with Crippen LogP contribution in [-0.4, -0.2) is 40.6 Å². The van der Waals surface area contributed by atoms with E-state index in [4.69, 9.17) is 4.74 Å². The van der Waals surface area contributed by atoms with E-state index in [0.29, 0.717) is 25.0 Å². The molecule has 31 heavy (non-hydrogen) atoms. The molecule has 0 spiro atoms. The molecule has 166 valence electrons. The summed E-state index contributed by atoms with van der Waals surface area (Å²) in [4.78, 5) is 10.5. The second kappa shape index (κ2) is 6.67. The zero-order chi connectivity index (χ0) is 22.8. The zero-order valence-electron chi connectivity index (χ0n) is 15.9. The van der Waals surface area contributed by atoms with Gasteiger partial charge in [-0.15, -0.1) is 5.10 Å². The number of nitrogens with zero attached hydrogens (tertiary/aromatic N) is 6. The Kier molecular flexibility index (Phi) is 4.54. The Morgan fingerprint density at radius 3 is 2.39 bits per heavy atom. The number of aliphatic hydroxyl groups is 1. The Morgan fingerprint density at radius 2 is 1.74 bits per heavy atom. The topological polar surface area (TPSA) is 90.9 Å². The van der Waals surface area contributed by atoms with Gasteiger partial charge in [0.05, 0.1) is 30.2 Å². The quantitative estimate of drug-likeness (QED) is 0.615. The summed E-state index contributed by atoms with van der Waals surface area (Å²) >= 11 is 0. The largest absolute Gasteiger partial charge is 0.433 e. The third kappa shape index (κ3) is 3.49. The first-order valence-electron chi connectivity index (χ1n) is 8.81. The van der Waals surface area contributed by atoms with Gasteiger partial charge in [0.1, 0.15) is 6.33 Å². The number of ether oxygens (including phenoxy) is 1. The molecule has 1 N–H and O–H groups in total.